The van der Waals surface area contributed by atoms with Crippen molar-refractivity contribution in [2.45, 2.75) is 46.5 Å². The molecule has 2 aliphatic rings. The third kappa shape index (κ3) is 3.92. The van der Waals surface area contributed by atoms with Gasteiger partial charge in [-0.15, -0.1) is 23.7 Å². The molecule has 1 amide bonds. The molecule has 0 radical (unpaired) electrons. The number of fused-ring (bicyclic) bond motifs is 1. The van der Waals surface area contributed by atoms with Gasteiger partial charge in [-0.2, -0.15) is 0 Å². The lowest BCUT2D eigenvalue weighted by atomic mass is 9.72. The van der Waals surface area contributed by atoms with Crippen molar-refractivity contribution in [3.05, 3.63) is 21.4 Å². The second-order valence-corrected chi connectivity index (χ2v) is 9.14. The number of rotatable bonds is 2. The molecule has 0 aromatic carbocycles. The summed E-state index contributed by atoms with van der Waals surface area (Å²) < 4.78 is 0. The van der Waals surface area contributed by atoms with E-state index < -0.39 is 0 Å². The number of amides is 1. The zero-order valence-corrected chi connectivity index (χ0v) is 16.1. The Kier molecular flexibility index (Phi) is 5.81. The topological polar surface area (TPSA) is 46.3 Å². The molecule has 23 heavy (non-hydrogen) atoms. The highest BCUT2D eigenvalue weighted by Crippen LogP contribution is 2.40. The molecule has 2 N–H and O–H groups in total. The van der Waals surface area contributed by atoms with Gasteiger partial charge < -0.3 is 10.6 Å². The average molecular weight is 357 g/mol. The Morgan fingerprint density at radius 1 is 1.39 bits per heavy atom. The predicted octanol–water partition coefficient (Wildman–Crippen LogP) is 3.74. The maximum atomic E-state index is 12.7. The van der Waals surface area contributed by atoms with Crippen LogP contribution in [0, 0.1) is 17.3 Å². The predicted molar refractivity (Wildman–Crippen MR) is 99.6 cm³/mol. The Hall–Kier alpha value is -0.580. The highest BCUT2D eigenvalue weighted by atomic mass is 35.5. The van der Waals surface area contributed by atoms with Crippen LogP contribution in [0.1, 0.15) is 53.7 Å². The lowest BCUT2D eigenvalue weighted by Gasteiger charge is -2.33. The molecule has 3 rings (SSSR count). The molecule has 1 aliphatic carbocycles. The Morgan fingerprint density at radius 2 is 2.13 bits per heavy atom. The Morgan fingerprint density at radius 3 is 2.74 bits per heavy atom. The fourth-order valence-electron chi connectivity index (χ4n) is 3.73. The molecule has 0 saturated carbocycles. The van der Waals surface area contributed by atoms with Gasteiger partial charge in [-0.3, -0.25) is 4.79 Å². The van der Waals surface area contributed by atoms with Crippen LogP contribution in [0.15, 0.2) is 6.07 Å². The zero-order valence-electron chi connectivity index (χ0n) is 14.4. The Balaban J connectivity index is 0.00000192. The molecule has 1 aromatic rings. The summed E-state index contributed by atoms with van der Waals surface area (Å²) in [5.41, 5.74) is 7.51. The maximum absolute atomic E-state index is 12.7. The molecule has 2 atom stereocenters. The summed E-state index contributed by atoms with van der Waals surface area (Å²) in [7, 11) is 0. The minimum atomic E-state index is 0. The maximum Gasteiger partial charge on any atom is 0.263 e. The van der Waals surface area contributed by atoms with Crippen molar-refractivity contribution in [3.8, 4) is 0 Å². The Bertz CT molecular complexity index is 564. The van der Waals surface area contributed by atoms with Crippen LogP contribution in [-0.4, -0.2) is 30.4 Å². The van der Waals surface area contributed by atoms with Crippen LogP contribution in [-0.2, 0) is 12.8 Å². The molecule has 1 fully saturated rings. The van der Waals surface area contributed by atoms with Crippen LogP contribution >= 0.6 is 23.7 Å². The summed E-state index contributed by atoms with van der Waals surface area (Å²) in [6, 6.07) is 2.18. The number of aryl methyl sites for hydroxylation is 1. The van der Waals surface area contributed by atoms with E-state index in [-0.39, 0.29) is 18.3 Å². The largest absolute Gasteiger partial charge is 0.338 e. The minimum absolute atomic E-state index is 0. The van der Waals surface area contributed by atoms with Crippen molar-refractivity contribution in [2.75, 3.05) is 19.6 Å². The van der Waals surface area contributed by atoms with Crippen molar-refractivity contribution in [2.24, 2.45) is 23.0 Å². The first kappa shape index (κ1) is 18.8. The molecule has 5 heteroatoms. The number of hydrogen-bond donors (Lipinski definition) is 1. The van der Waals surface area contributed by atoms with Gasteiger partial charge in [0.15, 0.2) is 0 Å². The summed E-state index contributed by atoms with van der Waals surface area (Å²) in [5, 5.41) is 0. The van der Waals surface area contributed by atoms with E-state index in [2.05, 4.69) is 26.8 Å². The number of likely N-dealkylation sites (tertiary alicyclic amines) is 1. The van der Waals surface area contributed by atoms with Crippen LogP contribution in [0.25, 0.3) is 0 Å². The fraction of sp³-hybridized carbons (Fsp3) is 0.722. The summed E-state index contributed by atoms with van der Waals surface area (Å²) >= 11 is 1.73. The molecule has 1 saturated heterocycles. The number of nitrogens with zero attached hydrogens (tertiary/aromatic N) is 1. The highest BCUT2D eigenvalue weighted by molar-refractivity contribution is 7.14. The van der Waals surface area contributed by atoms with Gasteiger partial charge in [-0.05, 0) is 61.1 Å². The van der Waals surface area contributed by atoms with Crippen LogP contribution in [0.3, 0.4) is 0 Å². The summed E-state index contributed by atoms with van der Waals surface area (Å²) in [5.74, 6) is 1.44. The van der Waals surface area contributed by atoms with E-state index >= 15 is 0 Å². The van der Waals surface area contributed by atoms with Gasteiger partial charge in [-0.1, -0.05) is 20.8 Å². The quantitative estimate of drug-likeness (QED) is 0.877. The molecular weight excluding hydrogens is 328 g/mol. The first-order valence-electron chi connectivity index (χ1n) is 8.49. The van der Waals surface area contributed by atoms with Crippen molar-refractivity contribution in [1.82, 2.24) is 4.90 Å². The number of hydrogen-bond acceptors (Lipinski definition) is 3. The van der Waals surface area contributed by atoms with Gasteiger partial charge in [0.05, 0.1) is 4.88 Å². The van der Waals surface area contributed by atoms with Gasteiger partial charge in [-0.25, -0.2) is 0 Å². The second-order valence-electron chi connectivity index (χ2n) is 8.01. The van der Waals surface area contributed by atoms with Crippen LogP contribution in [0.5, 0.6) is 0 Å². The molecule has 0 bridgehead atoms. The van der Waals surface area contributed by atoms with Gasteiger partial charge >= 0.3 is 0 Å². The van der Waals surface area contributed by atoms with Crippen LogP contribution in [0.2, 0.25) is 0 Å². The van der Waals surface area contributed by atoms with Crippen molar-refractivity contribution in [1.29, 1.82) is 0 Å². The number of thiophene rings is 1. The number of carbonyl (C=O) groups excluding carboxylic acids is 1. The number of carbonyl (C=O) groups is 1. The monoisotopic (exact) mass is 356 g/mol. The standard InChI is InChI=1S/C18H28N2OS.ClH/c1-18(2,3)14-4-5-15-13(8-14)9-16(22-15)17(21)20-7-6-12(10-19)11-20;/h9,12,14H,4-8,10-11,19H2,1-3H3;1H. The number of nitrogens with two attached hydrogens (primary N) is 1. The van der Waals surface area contributed by atoms with Crippen LogP contribution in [0.4, 0.5) is 0 Å². The molecule has 3 nitrogen and oxygen atoms in total. The first-order valence-corrected chi connectivity index (χ1v) is 9.31. The van der Waals surface area contributed by atoms with E-state index in [1.54, 1.807) is 11.3 Å². The highest BCUT2D eigenvalue weighted by Gasteiger charge is 2.32. The average Bonchev–Trinajstić information content (AvgIpc) is 3.11. The summed E-state index contributed by atoms with van der Waals surface area (Å²) in [6.07, 6.45) is 4.58. The lowest BCUT2D eigenvalue weighted by molar-refractivity contribution is 0.0792. The number of halogens is 1. The SMILES string of the molecule is CC(C)(C)C1CCc2sc(C(=O)N3CCC(CN)C3)cc2C1.Cl. The van der Waals surface area contributed by atoms with E-state index in [0.29, 0.717) is 17.9 Å². The third-order valence-electron chi connectivity index (χ3n) is 5.42. The van der Waals surface area contributed by atoms with Gasteiger partial charge in [0.2, 0.25) is 0 Å². The molecular formula is C18H29ClN2OS. The molecule has 0 spiro atoms. The molecule has 2 unspecified atom stereocenters. The van der Waals surface area contributed by atoms with E-state index in [0.717, 1.165) is 43.1 Å². The second kappa shape index (κ2) is 7.12. The Labute approximate surface area is 150 Å². The van der Waals surface area contributed by atoms with Crippen molar-refractivity contribution in [3.63, 3.8) is 0 Å². The first-order chi connectivity index (χ1) is 10.4. The molecule has 1 aromatic heterocycles. The fourth-order valence-corrected chi connectivity index (χ4v) is 4.91. The van der Waals surface area contributed by atoms with Gasteiger partial charge in [0.25, 0.3) is 5.91 Å². The van der Waals surface area contributed by atoms with Crippen molar-refractivity contribution >= 4 is 29.7 Å². The third-order valence-corrected chi connectivity index (χ3v) is 6.65. The normalized spacial score (nSPS) is 24.3. The van der Waals surface area contributed by atoms with Gasteiger partial charge in [0.1, 0.15) is 0 Å². The van der Waals surface area contributed by atoms with E-state index in [9.17, 15) is 4.79 Å². The smallest absolute Gasteiger partial charge is 0.263 e. The summed E-state index contributed by atoms with van der Waals surface area (Å²) in [4.78, 5) is 17.1. The van der Waals surface area contributed by atoms with E-state index in [4.69, 9.17) is 5.73 Å². The summed E-state index contributed by atoms with van der Waals surface area (Å²) in [6.45, 7) is 9.39. The van der Waals surface area contributed by atoms with Crippen LogP contribution < -0.4 is 5.73 Å². The lowest BCUT2D eigenvalue weighted by Crippen LogP contribution is -2.29. The minimum Gasteiger partial charge on any atom is -0.338 e. The molecule has 1 aliphatic heterocycles. The molecule has 2 heterocycles. The molecule has 130 valence electrons. The zero-order chi connectivity index (χ0) is 15.9. The van der Waals surface area contributed by atoms with E-state index in [1.807, 2.05) is 4.90 Å². The van der Waals surface area contributed by atoms with Gasteiger partial charge in [0, 0.05) is 18.0 Å². The van der Waals surface area contributed by atoms with E-state index in [1.165, 1.54) is 16.9 Å². The van der Waals surface area contributed by atoms with Crippen molar-refractivity contribution < 1.29 is 4.79 Å².